The molecule has 17 heavy (non-hydrogen) atoms. The highest BCUT2D eigenvalue weighted by Crippen LogP contribution is 2.17. The van der Waals surface area contributed by atoms with Crippen molar-refractivity contribution in [2.45, 2.75) is 31.3 Å². The normalized spacial score (nSPS) is 25.6. The van der Waals surface area contributed by atoms with Crippen LogP contribution in [-0.2, 0) is 4.79 Å². The summed E-state index contributed by atoms with van der Waals surface area (Å²) in [5.41, 5.74) is -1.31. The van der Waals surface area contributed by atoms with Crippen LogP contribution in [0.5, 0.6) is 0 Å². The van der Waals surface area contributed by atoms with Crippen molar-refractivity contribution in [3.8, 4) is 0 Å². The Morgan fingerprint density at radius 3 is 2.41 bits per heavy atom. The van der Waals surface area contributed by atoms with Gasteiger partial charge in [0.15, 0.2) is 0 Å². The van der Waals surface area contributed by atoms with Crippen molar-refractivity contribution >= 4 is 5.91 Å². The quantitative estimate of drug-likeness (QED) is 0.394. The monoisotopic (exact) mass is 246 g/mol. The fourth-order valence-corrected chi connectivity index (χ4v) is 2.00. The van der Waals surface area contributed by atoms with Crippen LogP contribution in [0.2, 0.25) is 0 Å². The van der Waals surface area contributed by atoms with Gasteiger partial charge in [0.2, 0.25) is 5.91 Å². The zero-order chi connectivity index (χ0) is 12.9. The third-order valence-electron chi connectivity index (χ3n) is 3.29. The lowest BCUT2D eigenvalue weighted by Crippen LogP contribution is -2.59. The van der Waals surface area contributed by atoms with Crippen LogP contribution < -0.4 is 10.6 Å². The molecule has 1 aliphatic heterocycles. The Hall–Kier alpha value is -0.690. The summed E-state index contributed by atoms with van der Waals surface area (Å²) < 4.78 is 0. The van der Waals surface area contributed by atoms with E-state index in [0.29, 0.717) is 0 Å². The number of hydrogen-bond acceptors (Lipinski definition) is 5. The number of nitrogens with one attached hydrogen (secondary N) is 2. The molecule has 0 aromatic rings. The minimum atomic E-state index is -1.31. The molecule has 2 atom stereocenters. The summed E-state index contributed by atoms with van der Waals surface area (Å²) in [5.74, 6) is -0.342. The standard InChI is InChI=1S/C11H22N2O4/c1-8-4-9(2-3-12-8)10(17)13-11(5-14,6-15)7-16/h8-9,12,14-16H,2-7H2,1H3,(H,13,17). The van der Waals surface area contributed by atoms with Crippen molar-refractivity contribution in [3.63, 3.8) is 0 Å². The van der Waals surface area contributed by atoms with Crippen LogP contribution in [0, 0.1) is 5.92 Å². The first kappa shape index (κ1) is 14.4. The lowest BCUT2D eigenvalue weighted by molar-refractivity contribution is -0.130. The number of piperidine rings is 1. The summed E-state index contributed by atoms with van der Waals surface area (Å²) in [4.78, 5) is 12.0. The number of amides is 1. The van der Waals surface area contributed by atoms with E-state index in [1.165, 1.54) is 0 Å². The number of aliphatic hydroxyl groups is 3. The zero-order valence-corrected chi connectivity index (χ0v) is 10.1. The summed E-state index contributed by atoms with van der Waals surface area (Å²) in [6.07, 6.45) is 1.46. The maximum absolute atomic E-state index is 12.0. The molecule has 0 radical (unpaired) electrons. The zero-order valence-electron chi connectivity index (χ0n) is 10.1. The highest BCUT2D eigenvalue weighted by Gasteiger charge is 2.33. The minimum Gasteiger partial charge on any atom is -0.394 e. The van der Waals surface area contributed by atoms with Gasteiger partial charge in [-0.05, 0) is 26.3 Å². The molecular formula is C11H22N2O4. The van der Waals surface area contributed by atoms with Crippen molar-refractivity contribution in [2.24, 2.45) is 5.92 Å². The van der Waals surface area contributed by atoms with E-state index >= 15 is 0 Å². The fourth-order valence-electron chi connectivity index (χ4n) is 2.00. The van der Waals surface area contributed by atoms with Gasteiger partial charge >= 0.3 is 0 Å². The maximum atomic E-state index is 12.0. The lowest BCUT2D eigenvalue weighted by Gasteiger charge is -2.33. The number of aliphatic hydroxyl groups excluding tert-OH is 3. The average Bonchev–Trinajstić information content (AvgIpc) is 2.36. The van der Waals surface area contributed by atoms with Gasteiger partial charge in [0.25, 0.3) is 0 Å². The van der Waals surface area contributed by atoms with E-state index in [4.69, 9.17) is 15.3 Å². The molecule has 0 aromatic heterocycles. The van der Waals surface area contributed by atoms with E-state index in [9.17, 15) is 4.79 Å². The number of carbonyl (C=O) groups excluding carboxylic acids is 1. The van der Waals surface area contributed by atoms with Crippen LogP contribution in [0.3, 0.4) is 0 Å². The SMILES string of the molecule is CC1CC(C(=O)NC(CO)(CO)CO)CCN1. The maximum Gasteiger partial charge on any atom is 0.223 e. The van der Waals surface area contributed by atoms with E-state index < -0.39 is 25.4 Å². The second-order valence-corrected chi connectivity index (χ2v) is 4.82. The summed E-state index contributed by atoms with van der Waals surface area (Å²) >= 11 is 0. The Morgan fingerprint density at radius 1 is 1.35 bits per heavy atom. The Balaban J connectivity index is 2.57. The molecule has 100 valence electrons. The van der Waals surface area contributed by atoms with E-state index in [1.54, 1.807) is 0 Å². The van der Waals surface area contributed by atoms with Crippen molar-refractivity contribution < 1.29 is 20.1 Å². The molecule has 0 spiro atoms. The van der Waals surface area contributed by atoms with Crippen LogP contribution in [-0.4, -0.2) is 59.2 Å². The second kappa shape index (κ2) is 6.30. The molecule has 5 N–H and O–H groups in total. The topological polar surface area (TPSA) is 102 Å². The molecule has 1 fully saturated rings. The molecule has 1 aliphatic rings. The van der Waals surface area contributed by atoms with Gasteiger partial charge in [-0.3, -0.25) is 4.79 Å². The Labute approximate surface area is 101 Å². The van der Waals surface area contributed by atoms with Crippen LogP contribution in [0.15, 0.2) is 0 Å². The van der Waals surface area contributed by atoms with Gasteiger partial charge in [-0.2, -0.15) is 0 Å². The molecule has 2 unspecified atom stereocenters. The van der Waals surface area contributed by atoms with Crippen LogP contribution in [0.4, 0.5) is 0 Å². The van der Waals surface area contributed by atoms with E-state index in [0.717, 1.165) is 19.4 Å². The summed E-state index contributed by atoms with van der Waals surface area (Å²) in [6.45, 7) is 1.35. The number of hydrogen-bond donors (Lipinski definition) is 5. The predicted molar refractivity (Wildman–Crippen MR) is 62.3 cm³/mol. The highest BCUT2D eigenvalue weighted by atomic mass is 16.3. The molecule has 1 rings (SSSR count). The molecule has 1 amide bonds. The van der Waals surface area contributed by atoms with Crippen LogP contribution in [0.25, 0.3) is 0 Å². The lowest BCUT2D eigenvalue weighted by atomic mass is 9.91. The van der Waals surface area contributed by atoms with Gasteiger partial charge in [-0.25, -0.2) is 0 Å². The molecule has 1 saturated heterocycles. The third kappa shape index (κ3) is 3.64. The van der Waals surface area contributed by atoms with Gasteiger partial charge in [0.05, 0.1) is 19.8 Å². The van der Waals surface area contributed by atoms with E-state index in [-0.39, 0.29) is 17.9 Å². The molecule has 0 aliphatic carbocycles. The first-order valence-corrected chi connectivity index (χ1v) is 5.95. The van der Waals surface area contributed by atoms with Crippen molar-refractivity contribution in [2.75, 3.05) is 26.4 Å². The largest absolute Gasteiger partial charge is 0.394 e. The molecule has 0 saturated carbocycles. The van der Waals surface area contributed by atoms with Crippen molar-refractivity contribution in [1.82, 2.24) is 10.6 Å². The van der Waals surface area contributed by atoms with Crippen LogP contribution >= 0.6 is 0 Å². The van der Waals surface area contributed by atoms with Crippen molar-refractivity contribution in [3.05, 3.63) is 0 Å². The predicted octanol–water partition coefficient (Wildman–Crippen LogP) is -1.79. The van der Waals surface area contributed by atoms with Crippen molar-refractivity contribution in [1.29, 1.82) is 0 Å². The highest BCUT2D eigenvalue weighted by molar-refractivity contribution is 5.79. The molecule has 6 nitrogen and oxygen atoms in total. The Bertz CT molecular complexity index is 248. The van der Waals surface area contributed by atoms with Gasteiger partial charge in [0.1, 0.15) is 5.54 Å². The third-order valence-corrected chi connectivity index (χ3v) is 3.29. The second-order valence-electron chi connectivity index (χ2n) is 4.82. The first-order chi connectivity index (χ1) is 8.06. The minimum absolute atomic E-state index is 0.129. The summed E-state index contributed by atoms with van der Waals surface area (Å²) in [6, 6.07) is 0.284. The molecular weight excluding hydrogens is 224 g/mol. The molecule has 0 bridgehead atoms. The average molecular weight is 246 g/mol. The first-order valence-electron chi connectivity index (χ1n) is 5.95. The van der Waals surface area contributed by atoms with Crippen LogP contribution in [0.1, 0.15) is 19.8 Å². The smallest absolute Gasteiger partial charge is 0.223 e. The fraction of sp³-hybridized carbons (Fsp3) is 0.909. The molecule has 0 aromatic carbocycles. The van der Waals surface area contributed by atoms with E-state index in [2.05, 4.69) is 10.6 Å². The Kier molecular flexibility index (Phi) is 5.32. The van der Waals surface area contributed by atoms with Gasteiger partial charge in [0, 0.05) is 12.0 Å². The van der Waals surface area contributed by atoms with E-state index in [1.807, 2.05) is 6.92 Å². The Morgan fingerprint density at radius 2 is 1.94 bits per heavy atom. The van der Waals surface area contributed by atoms with Gasteiger partial charge in [-0.15, -0.1) is 0 Å². The molecule has 1 heterocycles. The summed E-state index contributed by atoms with van der Waals surface area (Å²) in [5, 5.41) is 33.2. The van der Waals surface area contributed by atoms with Gasteiger partial charge < -0.3 is 26.0 Å². The molecule has 6 heteroatoms. The van der Waals surface area contributed by atoms with Gasteiger partial charge in [-0.1, -0.05) is 0 Å². The number of carbonyl (C=O) groups is 1. The summed E-state index contributed by atoms with van der Waals surface area (Å²) in [7, 11) is 0. The number of rotatable bonds is 5.